The van der Waals surface area contributed by atoms with Crippen LogP contribution in [0.15, 0.2) is 18.2 Å². The van der Waals surface area contributed by atoms with Crippen LogP contribution in [0.2, 0.25) is 5.02 Å². The fourth-order valence-corrected chi connectivity index (χ4v) is 1.50. The molecule has 2 amide bonds. The van der Waals surface area contributed by atoms with Crippen LogP contribution in [-0.2, 0) is 4.79 Å². The van der Waals surface area contributed by atoms with Gasteiger partial charge in [0.2, 0.25) is 5.91 Å². The number of halogens is 1. The number of carbonyl (C=O) groups is 2. The molecule has 0 heterocycles. The Hall–Kier alpha value is -1.75. The smallest absolute Gasteiger partial charge is 0.255 e. The van der Waals surface area contributed by atoms with E-state index in [1.165, 1.54) is 18.2 Å². The molecule has 0 atom stereocenters. The molecule has 1 aromatic rings. The fraction of sp³-hybridized carbons (Fsp3) is 0.385. The van der Waals surface area contributed by atoms with Gasteiger partial charge < -0.3 is 15.7 Å². The Kier molecular flexibility index (Phi) is 5.63. The van der Waals surface area contributed by atoms with E-state index in [0.717, 1.165) is 0 Å². The van der Waals surface area contributed by atoms with Crippen LogP contribution in [0.4, 0.5) is 0 Å². The van der Waals surface area contributed by atoms with Gasteiger partial charge in [0.1, 0.15) is 5.75 Å². The van der Waals surface area contributed by atoms with E-state index in [-0.39, 0.29) is 23.8 Å². The zero-order valence-electron chi connectivity index (χ0n) is 10.9. The highest BCUT2D eigenvalue weighted by atomic mass is 35.5. The first-order valence-electron chi connectivity index (χ1n) is 5.93. The maximum Gasteiger partial charge on any atom is 0.255 e. The molecule has 6 heteroatoms. The number of nitrogens with one attached hydrogen (secondary N) is 2. The lowest BCUT2D eigenvalue weighted by atomic mass is 10.2. The lowest BCUT2D eigenvalue weighted by Crippen LogP contribution is -2.38. The van der Waals surface area contributed by atoms with E-state index >= 15 is 0 Å². The van der Waals surface area contributed by atoms with Gasteiger partial charge in [-0.2, -0.15) is 0 Å². The minimum atomic E-state index is -0.542. The van der Waals surface area contributed by atoms with E-state index in [0.29, 0.717) is 17.5 Å². The molecule has 0 unspecified atom stereocenters. The Labute approximate surface area is 117 Å². The number of carbonyl (C=O) groups excluding carboxylic acids is 2. The van der Waals surface area contributed by atoms with E-state index in [2.05, 4.69) is 10.6 Å². The Morgan fingerprint density at radius 3 is 2.63 bits per heavy atom. The highest BCUT2D eigenvalue weighted by molar-refractivity contribution is 6.31. The summed E-state index contributed by atoms with van der Waals surface area (Å²) in [6, 6.07) is 4.15. The van der Waals surface area contributed by atoms with Gasteiger partial charge in [-0.25, -0.2) is 0 Å². The van der Waals surface area contributed by atoms with E-state index in [9.17, 15) is 14.7 Å². The summed E-state index contributed by atoms with van der Waals surface area (Å²) >= 11 is 5.74. The lowest BCUT2D eigenvalue weighted by Gasteiger charge is -2.09. The molecule has 0 spiro atoms. The van der Waals surface area contributed by atoms with Gasteiger partial charge in [-0.05, 0) is 24.1 Å². The van der Waals surface area contributed by atoms with Crippen molar-refractivity contribution in [2.24, 2.45) is 5.92 Å². The Balaban J connectivity index is 2.51. The van der Waals surface area contributed by atoms with Crippen molar-refractivity contribution in [1.29, 1.82) is 0 Å². The van der Waals surface area contributed by atoms with Crippen LogP contribution in [0, 0.1) is 5.92 Å². The van der Waals surface area contributed by atoms with E-state index in [1.807, 2.05) is 13.8 Å². The van der Waals surface area contributed by atoms with Gasteiger partial charge in [0.25, 0.3) is 5.91 Å². The Morgan fingerprint density at radius 1 is 1.32 bits per heavy atom. The molecule has 0 bridgehead atoms. The number of phenols is 1. The Bertz CT molecular complexity index is 475. The van der Waals surface area contributed by atoms with Crippen molar-refractivity contribution in [3.63, 3.8) is 0 Å². The predicted molar refractivity (Wildman–Crippen MR) is 73.3 cm³/mol. The third kappa shape index (κ3) is 5.18. The van der Waals surface area contributed by atoms with Crippen molar-refractivity contribution >= 4 is 23.4 Å². The van der Waals surface area contributed by atoms with E-state index in [4.69, 9.17) is 11.6 Å². The molecule has 0 aliphatic rings. The van der Waals surface area contributed by atoms with Crippen molar-refractivity contribution < 1.29 is 14.7 Å². The van der Waals surface area contributed by atoms with Crippen molar-refractivity contribution in [2.75, 3.05) is 13.1 Å². The topological polar surface area (TPSA) is 78.4 Å². The third-order valence-corrected chi connectivity index (χ3v) is 2.56. The summed E-state index contributed by atoms with van der Waals surface area (Å²) in [6.07, 6.45) is 0. The average molecular weight is 285 g/mol. The van der Waals surface area contributed by atoms with Crippen LogP contribution in [0.5, 0.6) is 5.75 Å². The molecule has 1 aromatic carbocycles. The van der Waals surface area contributed by atoms with Gasteiger partial charge in [-0.15, -0.1) is 0 Å². The van der Waals surface area contributed by atoms with Crippen LogP contribution in [0.3, 0.4) is 0 Å². The minimum Gasteiger partial charge on any atom is -0.507 e. The summed E-state index contributed by atoms with van der Waals surface area (Å²) in [5, 5.41) is 15.0. The van der Waals surface area contributed by atoms with Crippen LogP contribution >= 0.6 is 11.6 Å². The van der Waals surface area contributed by atoms with Gasteiger partial charge in [-0.1, -0.05) is 25.4 Å². The molecule has 104 valence electrons. The van der Waals surface area contributed by atoms with Crippen LogP contribution in [-0.4, -0.2) is 30.0 Å². The number of hydrogen-bond donors (Lipinski definition) is 3. The number of aromatic hydroxyl groups is 1. The molecule has 19 heavy (non-hydrogen) atoms. The second-order valence-electron chi connectivity index (χ2n) is 4.54. The van der Waals surface area contributed by atoms with Crippen LogP contribution in [0.1, 0.15) is 24.2 Å². The Morgan fingerprint density at radius 2 is 2.00 bits per heavy atom. The fourth-order valence-electron chi connectivity index (χ4n) is 1.33. The van der Waals surface area contributed by atoms with Crippen molar-refractivity contribution in [1.82, 2.24) is 10.6 Å². The van der Waals surface area contributed by atoms with Gasteiger partial charge in [0.15, 0.2) is 0 Å². The largest absolute Gasteiger partial charge is 0.507 e. The SMILES string of the molecule is CC(C)CNC(=O)CNC(=O)c1cc(Cl)ccc1O. The van der Waals surface area contributed by atoms with Crippen molar-refractivity contribution in [3.05, 3.63) is 28.8 Å². The zero-order valence-corrected chi connectivity index (χ0v) is 11.6. The second kappa shape index (κ2) is 6.99. The summed E-state index contributed by atoms with van der Waals surface area (Å²) < 4.78 is 0. The predicted octanol–water partition coefficient (Wildman–Crippen LogP) is 1.55. The summed E-state index contributed by atoms with van der Waals surface area (Å²) in [7, 11) is 0. The molecule has 0 fully saturated rings. The van der Waals surface area contributed by atoms with E-state index < -0.39 is 5.91 Å². The van der Waals surface area contributed by atoms with Crippen LogP contribution in [0.25, 0.3) is 0 Å². The molecule has 0 aliphatic carbocycles. The number of rotatable bonds is 5. The molecule has 3 N–H and O–H groups in total. The molecular weight excluding hydrogens is 268 g/mol. The molecule has 5 nitrogen and oxygen atoms in total. The molecular formula is C13H17ClN2O3. The minimum absolute atomic E-state index is 0.0455. The maximum absolute atomic E-state index is 11.8. The van der Waals surface area contributed by atoms with E-state index in [1.54, 1.807) is 0 Å². The summed E-state index contributed by atoms with van der Waals surface area (Å²) in [5.74, 6) is -0.649. The molecule has 0 aliphatic heterocycles. The monoisotopic (exact) mass is 284 g/mol. The standard InChI is InChI=1S/C13H17ClN2O3/c1-8(2)6-15-12(18)7-16-13(19)10-5-9(14)3-4-11(10)17/h3-5,8,17H,6-7H2,1-2H3,(H,15,18)(H,16,19). The number of amides is 2. The van der Waals surface area contributed by atoms with Crippen LogP contribution < -0.4 is 10.6 Å². The van der Waals surface area contributed by atoms with Gasteiger partial charge in [0.05, 0.1) is 12.1 Å². The van der Waals surface area contributed by atoms with Gasteiger partial charge in [0, 0.05) is 11.6 Å². The van der Waals surface area contributed by atoms with Crippen molar-refractivity contribution in [3.8, 4) is 5.75 Å². The second-order valence-corrected chi connectivity index (χ2v) is 4.98. The average Bonchev–Trinajstić information content (AvgIpc) is 2.36. The van der Waals surface area contributed by atoms with Gasteiger partial charge >= 0.3 is 0 Å². The normalized spacial score (nSPS) is 10.3. The molecule has 1 rings (SSSR count). The lowest BCUT2D eigenvalue weighted by molar-refractivity contribution is -0.120. The highest BCUT2D eigenvalue weighted by Gasteiger charge is 2.12. The first kappa shape index (κ1) is 15.3. The van der Waals surface area contributed by atoms with Gasteiger partial charge in [-0.3, -0.25) is 9.59 Å². The summed E-state index contributed by atoms with van der Waals surface area (Å²) in [6.45, 7) is 4.36. The molecule has 0 radical (unpaired) electrons. The third-order valence-electron chi connectivity index (χ3n) is 2.32. The summed E-state index contributed by atoms with van der Waals surface area (Å²) in [4.78, 5) is 23.2. The molecule has 0 aromatic heterocycles. The number of hydrogen-bond acceptors (Lipinski definition) is 3. The quantitative estimate of drug-likeness (QED) is 0.767. The molecule has 0 saturated heterocycles. The maximum atomic E-state index is 11.8. The highest BCUT2D eigenvalue weighted by Crippen LogP contribution is 2.21. The first-order valence-corrected chi connectivity index (χ1v) is 6.31. The number of phenolic OH excluding ortho intramolecular Hbond substituents is 1. The summed E-state index contributed by atoms with van der Waals surface area (Å²) in [5.41, 5.74) is 0.0455. The number of benzene rings is 1. The first-order chi connectivity index (χ1) is 8.90. The molecule has 0 saturated carbocycles. The van der Waals surface area contributed by atoms with Crippen molar-refractivity contribution in [2.45, 2.75) is 13.8 Å². The zero-order chi connectivity index (χ0) is 14.4.